The van der Waals surface area contributed by atoms with E-state index in [-0.39, 0.29) is 35.0 Å². The number of nitrogens with one attached hydrogen (secondary N) is 2. The molecule has 10 heteroatoms. The van der Waals surface area contributed by atoms with Crippen molar-refractivity contribution in [3.8, 4) is 0 Å². The van der Waals surface area contributed by atoms with Gasteiger partial charge in [-0.3, -0.25) is 19.2 Å². The molecule has 4 N–H and O–H groups in total. The molecule has 1 aliphatic heterocycles. The van der Waals surface area contributed by atoms with Gasteiger partial charge in [0.2, 0.25) is 17.6 Å². The molecule has 39 heavy (non-hydrogen) atoms. The van der Waals surface area contributed by atoms with Crippen LogP contribution in [0.1, 0.15) is 92.4 Å². The number of rotatable bonds is 9. The molecule has 218 valence electrons. The largest absolute Gasteiger partial charge is 0.444 e. The van der Waals surface area contributed by atoms with Crippen LogP contribution < -0.4 is 16.4 Å². The van der Waals surface area contributed by atoms with Gasteiger partial charge in [-0.1, -0.05) is 52.4 Å². The number of primary amides is 1. The number of ether oxygens (including phenoxy) is 1. The Morgan fingerprint density at radius 2 is 1.62 bits per heavy atom. The maximum atomic E-state index is 14.1. The van der Waals surface area contributed by atoms with Crippen molar-refractivity contribution in [3.05, 3.63) is 0 Å². The molecule has 0 spiro atoms. The van der Waals surface area contributed by atoms with E-state index < -0.39 is 47.4 Å². The first-order chi connectivity index (χ1) is 18.2. The van der Waals surface area contributed by atoms with E-state index in [0.717, 1.165) is 51.4 Å². The maximum absolute atomic E-state index is 14.1. The summed E-state index contributed by atoms with van der Waals surface area (Å²) in [6.45, 7) is 9.89. The summed E-state index contributed by atoms with van der Waals surface area (Å²) in [6, 6.07) is -2.57. The lowest BCUT2D eigenvalue weighted by molar-refractivity contribution is -0.144. The van der Waals surface area contributed by atoms with E-state index in [2.05, 4.69) is 24.5 Å². The van der Waals surface area contributed by atoms with E-state index in [9.17, 15) is 24.0 Å². The zero-order valence-electron chi connectivity index (χ0n) is 24.1. The Bertz CT molecular complexity index is 994. The van der Waals surface area contributed by atoms with Crippen molar-refractivity contribution in [1.29, 1.82) is 0 Å². The topological polar surface area (TPSA) is 148 Å². The first kappa shape index (κ1) is 29.3. The summed E-state index contributed by atoms with van der Waals surface area (Å²) in [6.07, 6.45) is 7.35. The molecule has 1 saturated heterocycles. The number of Topliss-reactive ketones (excluding diaryl/α,β-unsaturated/α-hetero) is 1. The van der Waals surface area contributed by atoms with Crippen molar-refractivity contribution < 1.29 is 28.7 Å². The van der Waals surface area contributed by atoms with Crippen LogP contribution in [0.2, 0.25) is 0 Å². The van der Waals surface area contributed by atoms with E-state index >= 15 is 0 Å². The van der Waals surface area contributed by atoms with Crippen molar-refractivity contribution in [2.45, 2.75) is 116 Å². The molecule has 4 aliphatic rings. The maximum Gasteiger partial charge on any atom is 0.408 e. The molecule has 10 nitrogen and oxygen atoms in total. The molecule has 5 atom stereocenters. The number of ketones is 1. The molecule has 0 bridgehead atoms. The van der Waals surface area contributed by atoms with E-state index in [1.165, 1.54) is 0 Å². The fraction of sp³-hybridized carbons (Fsp3) is 0.828. The Hall–Kier alpha value is -2.65. The van der Waals surface area contributed by atoms with Crippen LogP contribution >= 0.6 is 0 Å². The number of piperidine rings is 1. The summed E-state index contributed by atoms with van der Waals surface area (Å²) < 4.78 is 5.48. The third-order valence-electron chi connectivity index (χ3n) is 9.49. The normalized spacial score (nSPS) is 27.9. The predicted octanol–water partition coefficient (Wildman–Crippen LogP) is 2.67. The van der Waals surface area contributed by atoms with Gasteiger partial charge in [-0.15, -0.1) is 0 Å². The molecule has 4 rings (SSSR count). The second kappa shape index (κ2) is 11.1. The summed E-state index contributed by atoms with van der Waals surface area (Å²) in [4.78, 5) is 66.7. The fourth-order valence-electron chi connectivity index (χ4n) is 7.00. The average molecular weight is 547 g/mol. The predicted molar refractivity (Wildman–Crippen MR) is 144 cm³/mol. The minimum Gasteiger partial charge on any atom is -0.444 e. The van der Waals surface area contributed by atoms with Crippen LogP contribution in [0.3, 0.4) is 0 Å². The molecule has 0 aromatic rings. The Labute approximate surface area is 231 Å². The monoisotopic (exact) mass is 546 g/mol. The summed E-state index contributed by atoms with van der Waals surface area (Å²) in [7, 11) is 0. The van der Waals surface area contributed by atoms with Gasteiger partial charge >= 0.3 is 6.09 Å². The third kappa shape index (κ3) is 6.40. The van der Waals surface area contributed by atoms with Crippen LogP contribution in [-0.2, 0) is 23.9 Å². The molecule has 3 aliphatic carbocycles. The van der Waals surface area contributed by atoms with Gasteiger partial charge in [0.1, 0.15) is 17.7 Å². The van der Waals surface area contributed by atoms with Crippen molar-refractivity contribution >= 4 is 29.6 Å². The molecule has 4 amide bonds. The third-order valence-corrected chi connectivity index (χ3v) is 9.49. The van der Waals surface area contributed by atoms with E-state index in [1.807, 2.05) is 0 Å². The van der Waals surface area contributed by atoms with Crippen LogP contribution in [0.4, 0.5) is 4.79 Å². The lowest BCUT2D eigenvalue weighted by Crippen LogP contribution is -2.60. The highest BCUT2D eigenvalue weighted by Crippen LogP contribution is 2.65. The highest BCUT2D eigenvalue weighted by Gasteiger charge is 2.69. The van der Waals surface area contributed by atoms with Crippen LogP contribution in [0.15, 0.2) is 0 Å². The molecule has 0 aromatic carbocycles. The Morgan fingerprint density at radius 3 is 2.15 bits per heavy atom. The molecule has 4 fully saturated rings. The van der Waals surface area contributed by atoms with Gasteiger partial charge in [0, 0.05) is 6.54 Å². The number of hydrogen-bond acceptors (Lipinski definition) is 6. The van der Waals surface area contributed by atoms with Gasteiger partial charge < -0.3 is 26.0 Å². The number of carbonyl (C=O) groups is 5. The standard InChI is InChI=1S/C29H46N4O6/c1-28(2,3)39-27(38)32-21(17-12-7-6-8-13-17)26(37)33-15-18-20(29(18,4)5)22(33)25(36)31-19(23(34)24(30)35)14-16-10-9-11-16/h16-22H,6-15H2,1-5H3,(H2,30,35)(H,31,36)(H,32,38)/t18?,19?,20?,21-,22-/m0/s1. The number of nitrogens with zero attached hydrogens (tertiary/aromatic N) is 1. The first-order valence-electron chi connectivity index (χ1n) is 14.6. The highest BCUT2D eigenvalue weighted by molar-refractivity contribution is 6.37. The van der Waals surface area contributed by atoms with Crippen molar-refractivity contribution in [2.24, 2.45) is 34.8 Å². The van der Waals surface area contributed by atoms with Crippen LogP contribution in [0.5, 0.6) is 0 Å². The molecule has 3 saturated carbocycles. The number of likely N-dealkylation sites (tertiary alicyclic amines) is 1. The molecule has 1 heterocycles. The number of amides is 4. The number of carbonyl (C=O) groups excluding carboxylic acids is 5. The minimum absolute atomic E-state index is 0.0461. The van der Waals surface area contributed by atoms with Gasteiger partial charge in [0.15, 0.2) is 0 Å². The van der Waals surface area contributed by atoms with Crippen molar-refractivity contribution in [2.75, 3.05) is 6.54 Å². The van der Waals surface area contributed by atoms with E-state index in [0.29, 0.717) is 13.0 Å². The summed E-state index contributed by atoms with van der Waals surface area (Å²) in [5.41, 5.74) is 4.47. The summed E-state index contributed by atoms with van der Waals surface area (Å²) >= 11 is 0. The van der Waals surface area contributed by atoms with Crippen LogP contribution in [-0.4, -0.2) is 64.8 Å². The smallest absolute Gasteiger partial charge is 0.408 e. The Kier molecular flexibility index (Phi) is 8.34. The lowest BCUT2D eigenvalue weighted by atomic mass is 9.80. The molecular weight excluding hydrogens is 500 g/mol. The molecular formula is C29H46N4O6. The first-order valence-corrected chi connectivity index (χ1v) is 14.6. The van der Waals surface area contributed by atoms with Gasteiger partial charge in [-0.25, -0.2) is 4.79 Å². The lowest BCUT2D eigenvalue weighted by Gasteiger charge is -2.37. The van der Waals surface area contributed by atoms with E-state index in [4.69, 9.17) is 10.5 Å². The second-order valence-corrected chi connectivity index (χ2v) is 13.7. The molecule has 0 aromatic heterocycles. The summed E-state index contributed by atoms with van der Waals surface area (Å²) in [5, 5.41) is 5.66. The Morgan fingerprint density at radius 1 is 0.974 bits per heavy atom. The molecule has 3 unspecified atom stereocenters. The van der Waals surface area contributed by atoms with Crippen LogP contribution in [0, 0.1) is 29.1 Å². The van der Waals surface area contributed by atoms with Gasteiger partial charge in [0.05, 0.1) is 6.04 Å². The number of hydrogen-bond donors (Lipinski definition) is 3. The van der Waals surface area contributed by atoms with Crippen molar-refractivity contribution in [1.82, 2.24) is 15.5 Å². The van der Waals surface area contributed by atoms with Gasteiger partial charge in [-0.2, -0.15) is 0 Å². The summed E-state index contributed by atoms with van der Waals surface area (Å²) in [5.74, 6) is -2.29. The van der Waals surface area contributed by atoms with Crippen molar-refractivity contribution in [3.63, 3.8) is 0 Å². The van der Waals surface area contributed by atoms with Gasteiger partial charge in [0.25, 0.3) is 5.91 Å². The zero-order valence-corrected chi connectivity index (χ0v) is 24.1. The number of fused-ring (bicyclic) bond motifs is 1. The fourth-order valence-corrected chi connectivity index (χ4v) is 7.00. The number of nitrogens with two attached hydrogens (primary N) is 1. The average Bonchev–Trinajstić information content (AvgIpc) is 3.15. The zero-order chi connectivity index (χ0) is 28.7. The minimum atomic E-state index is -1.07. The second-order valence-electron chi connectivity index (χ2n) is 13.7. The van der Waals surface area contributed by atoms with E-state index in [1.54, 1.807) is 25.7 Å². The Balaban J connectivity index is 1.55. The molecule has 0 radical (unpaired) electrons. The van der Waals surface area contributed by atoms with Crippen LogP contribution in [0.25, 0.3) is 0 Å². The van der Waals surface area contributed by atoms with Gasteiger partial charge in [-0.05, 0) is 69.1 Å². The highest BCUT2D eigenvalue weighted by atomic mass is 16.6. The quantitative estimate of drug-likeness (QED) is 0.379. The SMILES string of the molecule is CC(C)(C)OC(=O)N[C@H](C(=O)N1CC2C([C@H]1C(=O)NC(CC1CCC1)C(=O)C(N)=O)C2(C)C)C1CCCCC1. The number of alkyl carbamates (subject to hydrolysis) is 1.